The van der Waals surface area contributed by atoms with E-state index in [0.29, 0.717) is 18.4 Å². The molecular formula is C29H41N5O5. The van der Waals surface area contributed by atoms with Gasteiger partial charge >= 0.3 is 11.8 Å². The van der Waals surface area contributed by atoms with Crippen LogP contribution in [0.5, 0.6) is 0 Å². The number of hydrogen-bond acceptors (Lipinski definition) is 6. The number of piperidine rings is 3. The number of fused-ring (bicyclic) bond motifs is 1. The van der Waals surface area contributed by atoms with Gasteiger partial charge in [-0.15, -0.1) is 0 Å². The predicted octanol–water partition coefficient (Wildman–Crippen LogP) is 2.97. The first-order chi connectivity index (χ1) is 18.5. The second kappa shape index (κ2) is 10.8. The summed E-state index contributed by atoms with van der Waals surface area (Å²) in [4.78, 5) is 54.2. The minimum Gasteiger partial charge on any atom is -0.444 e. The number of likely N-dealkylation sites (tertiary alicyclic amines) is 2. The van der Waals surface area contributed by atoms with Gasteiger partial charge in [0.15, 0.2) is 0 Å². The van der Waals surface area contributed by atoms with Crippen molar-refractivity contribution in [3.8, 4) is 0 Å². The van der Waals surface area contributed by atoms with Gasteiger partial charge in [0.05, 0.1) is 11.0 Å². The summed E-state index contributed by atoms with van der Waals surface area (Å²) in [6.45, 7) is 9.24. The van der Waals surface area contributed by atoms with Crippen molar-refractivity contribution in [3.63, 3.8) is 0 Å². The summed E-state index contributed by atoms with van der Waals surface area (Å²) in [7, 11) is 1.77. The largest absolute Gasteiger partial charge is 0.444 e. The van der Waals surface area contributed by atoms with Crippen molar-refractivity contribution in [3.05, 3.63) is 34.2 Å². The minimum absolute atomic E-state index is 0.213. The molecule has 0 radical (unpaired) electrons. The highest BCUT2D eigenvalue weighted by molar-refractivity contribution is 6.00. The van der Waals surface area contributed by atoms with E-state index in [9.17, 15) is 19.2 Å². The Morgan fingerprint density at radius 2 is 1.69 bits per heavy atom. The molecule has 3 aliphatic rings. The number of imide groups is 1. The molecular weight excluding hydrogens is 498 g/mol. The first-order valence-electron chi connectivity index (χ1n) is 14.3. The Morgan fingerprint density at radius 1 is 1.00 bits per heavy atom. The molecule has 3 amide bonds. The molecule has 0 saturated carbocycles. The van der Waals surface area contributed by atoms with E-state index in [1.807, 2.05) is 37.8 Å². The molecule has 39 heavy (non-hydrogen) atoms. The number of carbonyl (C=O) groups is 3. The van der Waals surface area contributed by atoms with Gasteiger partial charge in [0.2, 0.25) is 11.8 Å². The van der Waals surface area contributed by atoms with Crippen LogP contribution in [0.15, 0.2) is 23.0 Å². The number of imidazole rings is 1. The van der Waals surface area contributed by atoms with E-state index in [4.69, 9.17) is 4.74 Å². The molecule has 10 nitrogen and oxygen atoms in total. The summed E-state index contributed by atoms with van der Waals surface area (Å²) >= 11 is 0. The number of benzene rings is 1. The number of hydrogen-bond donors (Lipinski definition) is 1. The average Bonchev–Trinajstić information content (AvgIpc) is 3.14. The fraction of sp³-hybridized carbons (Fsp3) is 0.655. The number of nitrogens with zero attached hydrogens (tertiary/aromatic N) is 4. The summed E-state index contributed by atoms with van der Waals surface area (Å²) in [6, 6.07) is 5.79. The predicted molar refractivity (Wildman–Crippen MR) is 147 cm³/mol. The van der Waals surface area contributed by atoms with Crippen LogP contribution in [-0.2, 0) is 27.8 Å². The van der Waals surface area contributed by atoms with Crippen molar-refractivity contribution < 1.29 is 19.1 Å². The smallest absolute Gasteiger partial charge is 0.410 e. The van der Waals surface area contributed by atoms with Crippen LogP contribution < -0.4 is 11.0 Å². The van der Waals surface area contributed by atoms with E-state index in [2.05, 4.69) is 16.3 Å². The molecule has 212 valence electrons. The maximum atomic E-state index is 13.2. The molecule has 1 atom stereocenters. The molecule has 10 heteroatoms. The lowest BCUT2D eigenvalue weighted by Gasteiger charge is -2.42. The summed E-state index contributed by atoms with van der Waals surface area (Å²) in [6.07, 6.45) is 5.36. The van der Waals surface area contributed by atoms with E-state index in [1.54, 1.807) is 16.2 Å². The summed E-state index contributed by atoms with van der Waals surface area (Å²) in [5, 5.41) is 2.38. The number of para-hydroxylation sites is 1. The number of carbonyl (C=O) groups excluding carboxylic acids is 3. The Hall–Kier alpha value is -3.14. The number of aryl methyl sites for hydroxylation is 1. The molecule has 5 rings (SSSR count). The van der Waals surface area contributed by atoms with Crippen LogP contribution in [0.1, 0.15) is 70.9 Å². The van der Waals surface area contributed by atoms with E-state index in [0.717, 1.165) is 74.9 Å². The number of nitrogens with one attached hydrogen (secondary N) is 1. The molecule has 3 aliphatic heterocycles. The van der Waals surface area contributed by atoms with Crippen LogP contribution >= 0.6 is 0 Å². The van der Waals surface area contributed by atoms with Crippen molar-refractivity contribution in [1.29, 1.82) is 0 Å². The van der Waals surface area contributed by atoms with E-state index in [-0.39, 0.29) is 24.1 Å². The summed E-state index contributed by atoms with van der Waals surface area (Å²) in [5.41, 5.74) is 2.06. The Labute approximate surface area is 229 Å². The maximum Gasteiger partial charge on any atom is 0.410 e. The summed E-state index contributed by atoms with van der Waals surface area (Å²) in [5.74, 6) is -0.177. The number of amides is 3. The third-order valence-corrected chi connectivity index (χ3v) is 8.50. The number of aromatic nitrogens is 2. The van der Waals surface area contributed by atoms with Crippen molar-refractivity contribution in [2.75, 3.05) is 26.2 Å². The van der Waals surface area contributed by atoms with Gasteiger partial charge in [0, 0.05) is 32.6 Å². The quantitative estimate of drug-likeness (QED) is 0.599. The molecule has 1 N–H and O–H groups in total. The van der Waals surface area contributed by atoms with E-state index < -0.39 is 17.6 Å². The third kappa shape index (κ3) is 5.76. The molecule has 3 fully saturated rings. The molecule has 2 aromatic rings. The highest BCUT2D eigenvalue weighted by Gasteiger charge is 2.33. The van der Waals surface area contributed by atoms with Gasteiger partial charge in [0.1, 0.15) is 11.6 Å². The van der Waals surface area contributed by atoms with Crippen LogP contribution in [0.2, 0.25) is 0 Å². The van der Waals surface area contributed by atoms with E-state index in [1.165, 1.54) is 0 Å². The Bertz CT molecular complexity index is 1310. The molecule has 1 unspecified atom stereocenters. The lowest BCUT2D eigenvalue weighted by atomic mass is 9.88. The normalized spacial score (nSPS) is 22.4. The number of rotatable bonds is 4. The molecule has 0 bridgehead atoms. The zero-order valence-electron chi connectivity index (χ0n) is 23.6. The first kappa shape index (κ1) is 27.4. The summed E-state index contributed by atoms with van der Waals surface area (Å²) < 4.78 is 8.75. The maximum absolute atomic E-state index is 13.2. The molecule has 4 heterocycles. The highest BCUT2D eigenvalue weighted by atomic mass is 16.6. The molecule has 0 aliphatic carbocycles. The van der Waals surface area contributed by atoms with Gasteiger partial charge in [-0.2, -0.15) is 0 Å². The van der Waals surface area contributed by atoms with Crippen molar-refractivity contribution in [2.24, 2.45) is 13.0 Å². The van der Waals surface area contributed by atoms with Crippen molar-refractivity contribution in [1.82, 2.24) is 24.3 Å². The molecule has 3 saturated heterocycles. The van der Waals surface area contributed by atoms with Gasteiger partial charge in [-0.05, 0) is 89.9 Å². The van der Waals surface area contributed by atoms with Crippen LogP contribution in [-0.4, -0.2) is 74.7 Å². The van der Waals surface area contributed by atoms with Gasteiger partial charge in [-0.3, -0.25) is 24.0 Å². The van der Waals surface area contributed by atoms with Gasteiger partial charge in [-0.25, -0.2) is 9.59 Å². The third-order valence-electron chi connectivity index (χ3n) is 8.50. The average molecular weight is 540 g/mol. The second-order valence-electron chi connectivity index (χ2n) is 12.3. The topological polar surface area (TPSA) is 106 Å². The SMILES string of the molecule is Cn1c(=O)n(C2CCC(=O)NC2=O)c2cccc(CC3CCN(C4CCN(C(=O)OC(C)(C)C)CC4)CC3)c21. The fourth-order valence-corrected chi connectivity index (χ4v) is 6.49. The van der Waals surface area contributed by atoms with E-state index >= 15 is 0 Å². The number of ether oxygens (including phenoxy) is 1. The lowest BCUT2D eigenvalue weighted by Crippen LogP contribution is -2.49. The van der Waals surface area contributed by atoms with Crippen molar-refractivity contribution in [2.45, 2.75) is 83.4 Å². The van der Waals surface area contributed by atoms with Crippen LogP contribution in [0.4, 0.5) is 4.79 Å². The zero-order valence-corrected chi connectivity index (χ0v) is 23.6. The fourth-order valence-electron chi connectivity index (χ4n) is 6.49. The van der Waals surface area contributed by atoms with Gasteiger partial charge < -0.3 is 14.5 Å². The van der Waals surface area contributed by atoms with Gasteiger partial charge in [-0.1, -0.05) is 12.1 Å². The standard InChI is InChI=1S/C29H41N5O5/c1-29(2,3)39-28(38)33-16-12-21(13-17-33)32-14-10-19(11-15-32)18-20-6-5-7-22-25(20)31(4)27(37)34(22)23-8-9-24(35)30-26(23)36/h5-7,19,21,23H,8-18H2,1-4H3,(H,30,35,36). The monoisotopic (exact) mass is 539 g/mol. The Kier molecular flexibility index (Phi) is 7.59. The molecule has 1 aromatic heterocycles. The molecule has 0 spiro atoms. The van der Waals surface area contributed by atoms with Crippen LogP contribution in [0.3, 0.4) is 0 Å². The second-order valence-corrected chi connectivity index (χ2v) is 12.3. The Balaban J connectivity index is 1.21. The van der Waals surface area contributed by atoms with Crippen molar-refractivity contribution >= 4 is 28.9 Å². The van der Waals surface area contributed by atoms with Gasteiger partial charge in [0.25, 0.3) is 0 Å². The minimum atomic E-state index is -0.667. The zero-order chi connectivity index (χ0) is 27.9. The van der Waals surface area contributed by atoms with Crippen LogP contribution in [0, 0.1) is 5.92 Å². The highest BCUT2D eigenvalue weighted by Crippen LogP contribution is 2.30. The lowest BCUT2D eigenvalue weighted by molar-refractivity contribution is -0.135. The first-order valence-corrected chi connectivity index (χ1v) is 14.3. The molecule has 1 aromatic carbocycles. The Morgan fingerprint density at radius 3 is 2.33 bits per heavy atom. The van der Waals surface area contributed by atoms with Crippen LogP contribution in [0.25, 0.3) is 11.0 Å².